The highest BCUT2D eigenvalue weighted by atomic mass is 28.3. The summed E-state index contributed by atoms with van der Waals surface area (Å²) in [5.74, 6) is 0. The average molecular weight is 403 g/mol. The summed E-state index contributed by atoms with van der Waals surface area (Å²) in [6.07, 6.45) is 0. The molecule has 0 aliphatic rings. The van der Waals surface area contributed by atoms with Crippen LogP contribution in [0.4, 0.5) is 0 Å². The Balaban J connectivity index is 1.95. The maximum atomic E-state index is 2.47. The Hall–Kier alpha value is -1.91. The van der Waals surface area contributed by atoms with Crippen LogP contribution < -0.4 is 20.7 Å². The van der Waals surface area contributed by atoms with Gasteiger partial charge in [-0.25, -0.2) is 0 Å². The Bertz CT molecular complexity index is 913. The zero-order valence-corrected chi connectivity index (χ0v) is 20.8. The van der Waals surface area contributed by atoms with Crippen molar-refractivity contribution in [3.63, 3.8) is 0 Å². The predicted octanol–water partition coefficient (Wildman–Crippen LogP) is 4.57. The van der Waals surface area contributed by atoms with Crippen molar-refractivity contribution in [2.45, 2.75) is 53.9 Å². The lowest BCUT2D eigenvalue weighted by atomic mass is 10.1. The Morgan fingerprint density at radius 1 is 0.393 bits per heavy atom. The van der Waals surface area contributed by atoms with Crippen LogP contribution in [0.2, 0.25) is 26.2 Å². The molecule has 0 heterocycles. The molecule has 3 aromatic carbocycles. The van der Waals surface area contributed by atoms with Crippen LogP contribution in [0.25, 0.3) is 0 Å². The van der Waals surface area contributed by atoms with E-state index in [0.29, 0.717) is 0 Å². The van der Waals surface area contributed by atoms with Gasteiger partial charge in [0.15, 0.2) is 0 Å². The van der Waals surface area contributed by atoms with Crippen LogP contribution >= 0.6 is 0 Å². The van der Waals surface area contributed by atoms with Gasteiger partial charge >= 0.3 is 0 Å². The van der Waals surface area contributed by atoms with Crippen LogP contribution in [0.5, 0.6) is 0 Å². The van der Waals surface area contributed by atoms with E-state index in [1.807, 2.05) is 0 Å². The highest BCUT2D eigenvalue weighted by Crippen LogP contribution is 2.12. The monoisotopic (exact) mass is 402 g/mol. The number of rotatable bonds is 4. The molecule has 0 fully saturated rings. The summed E-state index contributed by atoms with van der Waals surface area (Å²) in [7, 11) is -3.34. The SMILES string of the molecule is Cc1ccc([Si](C)(C)c2ccc([Si](C)(C)c3ccc(C)c(C)c3)cc2)cc1C. The molecule has 0 unspecified atom stereocenters. The zero-order chi connectivity index (χ0) is 20.7. The molecule has 0 N–H and O–H groups in total. The van der Waals surface area contributed by atoms with E-state index in [1.54, 1.807) is 0 Å². The molecule has 0 aliphatic carbocycles. The second-order valence-corrected chi connectivity index (χ2v) is 18.2. The average Bonchev–Trinajstić information content (AvgIpc) is 2.66. The fourth-order valence-corrected chi connectivity index (χ4v) is 8.72. The molecule has 0 nitrogen and oxygen atoms in total. The van der Waals surface area contributed by atoms with Crippen molar-refractivity contribution in [1.29, 1.82) is 0 Å². The lowest BCUT2D eigenvalue weighted by Crippen LogP contribution is -2.55. The molecule has 0 spiro atoms. The smallest absolute Gasteiger partial charge is 0.0627 e. The lowest BCUT2D eigenvalue weighted by Gasteiger charge is -2.28. The fraction of sp³-hybridized carbons (Fsp3) is 0.308. The van der Waals surface area contributed by atoms with Gasteiger partial charge in [-0.1, -0.05) is 108 Å². The van der Waals surface area contributed by atoms with E-state index in [2.05, 4.69) is 115 Å². The van der Waals surface area contributed by atoms with E-state index in [1.165, 1.54) is 43.0 Å². The summed E-state index contributed by atoms with van der Waals surface area (Å²) in [4.78, 5) is 0. The minimum Gasteiger partial charge on any atom is -0.0627 e. The number of hydrogen-bond acceptors (Lipinski definition) is 0. The van der Waals surface area contributed by atoms with E-state index in [-0.39, 0.29) is 0 Å². The first-order valence-electron chi connectivity index (χ1n) is 10.3. The Morgan fingerprint density at radius 2 is 0.679 bits per heavy atom. The lowest BCUT2D eigenvalue weighted by molar-refractivity contribution is 1.35. The molecule has 0 aromatic heterocycles. The van der Waals surface area contributed by atoms with Crippen molar-refractivity contribution < 1.29 is 0 Å². The zero-order valence-electron chi connectivity index (χ0n) is 18.8. The predicted molar refractivity (Wildman–Crippen MR) is 132 cm³/mol. The van der Waals surface area contributed by atoms with Gasteiger partial charge in [-0.05, 0) is 49.9 Å². The first-order chi connectivity index (χ1) is 13.0. The Kier molecular flexibility index (Phi) is 5.57. The van der Waals surface area contributed by atoms with Gasteiger partial charge < -0.3 is 0 Å². The molecular weight excluding hydrogens is 368 g/mol. The number of aryl methyl sites for hydroxylation is 4. The molecule has 28 heavy (non-hydrogen) atoms. The minimum atomic E-state index is -1.67. The van der Waals surface area contributed by atoms with Gasteiger partial charge in [0.25, 0.3) is 0 Å². The summed E-state index contributed by atoms with van der Waals surface area (Å²) >= 11 is 0. The minimum absolute atomic E-state index is 1.38. The Labute approximate surface area is 173 Å². The molecular formula is C26H34Si2. The maximum absolute atomic E-state index is 2.47. The van der Waals surface area contributed by atoms with Crippen molar-refractivity contribution in [3.8, 4) is 0 Å². The first-order valence-corrected chi connectivity index (χ1v) is 16.3. The van der Waals surface area contributed by atoms with E-state index in [4.69, 9.17) is 0 Å². The van der Waals surface area contributed by atoms with Gasteiger partial charge in [0.2, 0.25) is 0 Å². The van der Waals surface area contributed by atoms with Gasteiger partial charge in [-0.15, -0.1) is 0 Å². The molecule has 3 rings (SSSR count). The van der Waals surface area contributed by atoms with Crippen LogP contribution in [-0.4, -0.2) is 16.1 Å². The van der Waals surface area contributed by atoms with Gasteiger partial charge in [0.1, 0.15) is 16.1 Å². The van der Waals surface area contributed by atoms with E-state index < -0.39 is 16.1 Å². The fourth-order valence-electron chi connectivity index (χ4n) is 3.90. The number of hydrogen-bond donors (Lipinski definition) is 0. The van der Waals surface area contributed by atoms with Crippen LogP contribution in [0.1, 0.15) is 22.3 Å². The molecule has 146 valence electrons. The summed E-state index contributed by atoms with van der Waals surface area (Å²) in [6.45, 7) is 18.7. The maximum Gasteiger partial charge on any atom is 0.112 e. The Morgan fingerprint density at radius 3 is 0.964 bits per heavy atom. The molecule has 0 bridgehead atoms. The molecule has 0 atom stereocenters. The largest absolute Gasteiger partial charge is 0.112 e. The second-order valence-electron chi connectivity index (χ2n) is 9.43. The third kappa shape index (κ3) is 3.81. The van der Waals surface area contributed by atoms with Crippen molar-refractivity contribution in [2.24, 2.45) is 0 Å². The topological polar surface area (TPSA) is 0 Å². The summed E-state index contributed by atoms with van der Waals surface area (Å²) in [6, 6.07) is 23.7. The van der Waals surface area contributed by atoms with E-state index in [9.17, 15) is 0 Å². The second kappa shape index (κ2) is 7.49. The summed E-state index contributed by atoms with van der Waals surface area (Å²) < 4.78 is 0. The van der Waals surface area contributed by atoms with E-state index >= 15 is 0 Å². The highest BCUT2D eigenvalue weighted by Gasteiger charge is 2.29. The molecule has 0 amide bonds. The highest BCUT2D eigenvalue weighted by molar-refractivity contribution is 7.01. The van der Waals surface area contributed by atoms with Crippen molar-refractivity contribution in [1.82, 2.24) is 0 Å². The van der Waals surface area contributed by atoms with Crippen LogP contribution in [-0.2, 0) is 0 Å². The van der Waals surface area contributed by atoms with Crippen LogP contribution in [0.15, 0.2) is 60.7 Å². The molecule has 0 saturated carbocycles. The molecule has 0 saturated heterocycles. The molecule has 3 aromatic rings. The van der Waals surface area contributed by atoms with Gasteiger partial charge in [-0.2, -0.15) is 0 Å². The summed E-state index contributed by atoms with van der Waals surface area (Å²) in [5, 5.41) is 6.08. The first kappa shape index (κ1) is 20.8. The normalized spacial score (nSPS) is 12.3. The van der Waals surface area contributed by atoms with Gasteiger partial charge in [0, 0.05) is 0 Å². The third-order valence-electron chi connectivity index (χ3n) is 6.79. The van der Waals surface area contributed by atoms with Crippen LogP contribution in [0, 0.1) is 27.7 Å². The van der Waals surface area contributed by atoms with Gasteiger partial charge in [-0.3, -0.25) is 0 Å². The summed E-state index contributed by atoms with van der Waals surface area (Å²) in [5.41, 5.74) is 5.56. The van der Waals surface area contributed by atoms with Crippen LogP contribution in [0.3, 0.4) is 0 Å². The third-order valence-corrected chi connectivity index (χ3v) is 13.8. The standard InChI is InChI=1S/C26H34Si2/c1-19-9-11-25(17-21(19)3)27(5,6)23-13-15-24(16-14-23)28(7,8)26-12-10-20(2)22(4)18-26/h9-18H,1-8H3. The molecule has 0 radical (unpaired) electrons. The van der Waals surface area contributed by atoms with Crippen molar-refractivity contribution in [2.75, 3.05) is 0 Å². The molecule has 2 heteroatoms. The van der Waals surface area contributed by atoms with Crippen molar-refractivity contribution in [3.05, 3.63) is 82.9 Å². The van der Waals surface area contributed by atoms with E-state index in [0.717, 1.165) is 0 Å². The van der Waals surface area contributed by atoms with Gasteiger partial charge in [0.05, 0.1) is 0 Å². The quantitative estimate of drug-likeness (QED) is 0.561. The molecule has 0 aliphatic heterocycles. The number of benzene rings is 3. The van der Waals surface area contributed by atoms with Crippen molar-refractivity contribution >= 4 is 36.9 Å².